The van der Waals surface area contributed by atoms with Crippen LogP contribution < -0.4 is 4.72 Å². The van der Waals surface area contributed by atoms with Gasteiger partial charge in [0.25, 0.3) is 0 Å². The summed E-state index contributed by atoms with van der Waals surface area (Å²) in [6.45, 7) is 4.56. The second kappa shape index (κ2) is 15.1. The van der Waals surface area contributed by atoms with Crippen molar-refractivity contribution in [2.45, 2.75) is 86.1 Å². The lowest BCUT2D eigenvalue weighted by molar-refractivity contribution is 0.185. The molecular formula is C32H39Cl4N4O5PS2. The second-order valence-electron chi connectivity index (χ2n) is 12.7. The normalized spacial score (nSPS) is 17.6. The summed E-state index contributed by atoms with van der Waals surface area (Å²) in [5, 5.41) is 3.78. The Labute approximate surface area is 305 Å². The van der Waals surface area contributed by atoms with E-state index in [0.717, 1.165) is 51.4 Å². The summed E-state index contributed by atoms with van der Waals surface area (Å²) >= 11 is 24.5. The smallest absolute Gasteiger partial charge is 0.243 e. The molecule has 1 unspecified atom stereocenters. The predicted molar refractivity (Wildman–Crippen MR) is 199 cm³/mol. The highest BCUT2D eigenvalue weighted by molar-refractivity contribution is 7.89. The topological polar surface area (TPSA) is 119 Å². The quantitative estimate of drug-likeness (QED) is 0.133. The van der Waals surface area contributed by atoms with Crippen LogP contribution in [0.4, 0.5) is 0 Å². The largest absolute Gasteiger partial charge is 0.364 e. The van der Waals surface area contributed by atoms with E-state index in [-0.39, 0.29) is 27.1 Å². The van der Waals surface area contributed by atoms with Crippen molar-refractivity contribution in [1.82, 2.24) is 19.0 Å². The molecule has 4 aromatic rings. The molecule has 2 fully saturated rings. The maximum Gasteiger partial charge on any atom is 0.243 e. The van der Waals surface area contributed by atoms with Gasteiger partial charge < -0.3 is 4.52 Å². The molecule has 0 saturated heterocycles. The Morgan fingerprint density at radius 1 is 0.792 bits per heavy atom. The van der Waals surface area contributed by atoms with E-state index in [2.05, 4.69) is 24.2 Å². The molecule has 1 N–H and O–H groups in total. The minimum absolute atomic E-state index is 0. The van der Waals surface area contributed by atoms with E-state index in [1.54, 1.807) is 34.6 Å². The van der Waals surface area contributed by atoms with Gasteiger partial charge in [0.2, 0.25) is 20.0 Å². The summed E-state index contributed by atoms with van der Waals surface area (Å²) in [5.74, 6) is 0. The first-order chi connectivity index (χ1) is 22.6. The minimum Gasteiger partial charge on any atom is -0.364 e. The highest BCUT2D eigenvalue weighted by Gasteiger charge is 2.42. The molecule has 2 saturated carbocycles. The molecule has 2 aliphatic rings. The number of nitrogens with zero attached hydrogens (tertiary/aromatic N) is 3. The summed E-state index contributed by atoms with van der Waals surface area (Å²) in [6, 6.07) is 9.55. The van der Waals surface area contributed by atoms with Crippen LogP contribution in [0.15, 0.2) is 58.6 Å². The van der Waals surface area contributed by atoms with Crippen molar-refractivity contribution >= 4 is 97.5 Å². The number of pyridine rings is 2. The third-order valence-electron chi connectivity index (χ3n) is 9.20. The number of sulfonamides is 2. The van der Waals surface area contributed by atoms with Crippen LogP contribution in [0.25, 0.3) is 21.5 Å². The van der Waals surface area contributed by atoms with E-state index < -0.39 is 25.6 Å². The summed E-state index contributed by atoms with van der Waals surface area (Å²) in [7, 11) is -5.15. The average Bonchev–Trinajstić information content (AvgIpc) is 3.69. The standard InChI is InChI=1S/C17H21Cl2N2O3PS.C15H16Cl2N2O2S.H2/c1-17(6-2-3-7-17)21(8-9-24-25)26(22,23)12-4-5-13-14(10-12)16(19)20-11-15(13)18;1-15(6-2-3-7-15)19-22(20,21)10-4-5-11-12(8-10)14(17)18-9-13(11)16;/h4-5,10-11H,2-3,6-9,25H2,1H3;4-5,8-9,19H,2-3,6-7H2,1H3;1H/i;;1+2. The molecule has 48 heavy (non-hydrogen) atoms. The van der Waals surface area contributed by atoms with Gasteiger partial charge in [-0.25, -0.2) is 31.5 Å². The molecule has 16 heteroatoms. The average molecular weight is 799 g/mol. The molecule has 0 spiro atoms. The first-order valence-corrected chi connectivity index (χ1v) is 20.4. The Kier molecular flexibility index (Phi) is 11.9. The zero-order valence-electron chi connectivity index (χ0n) is 26.5. The first-order valence-electron chi connectivity index (χ1n) is 15.5. The Hall–Kier alpha value is -1.37. The van der Waals surface area contributed by atoms with E-state index in [1.165, 1.54) is 18.5 Å². The van der Waals surface area contributed by atoms with Gasteiger partial charge in [-0.05, 0) is 63.8 Å². The van der Waals surface area contributed by atoms with Gasteiger partial charge in [0, 0.05) is 62.5 Å². The van der Waals surface area contributed by atoms with Gasteiger partial charge in [-0.2, -0.15) is 4.31 Å². The second-order valence-corrected chi connectivity index (χ2v) is 18.1. The molecule has 0 amide bonds. The summed E-state index contributed by atoms with van der Waals surface area (Å²) in [5.41, 5.74) is -0.780. The van der Waals surface area contributed by atoms with E-state index in [0.29, 0.717) is 44.7 Å². The van der Waals surface area contributed by atoms with Crippen LogP contribution in [0.2, 0.25) is 20.4 Å². The molecule has 2 aromatic carbocycles. The molecule has 0 bridgehead atoms. The van der Waals surface area contributed by atoms with Gasteiger partial charge in [-0.3, -0.25) is 0 Å². The van der Waals surface area contributed by atoms with Gasteiger partial charge in [0.05, 0.1) is 26.4 Å². The lowest BCUT2D eigenvalue weighted by atomic mass is 10.0. The van der Waals surface area contributed by atoms with Crippen LogP contribution in [0.1, 0.15) is 66.6 Å². The van der Waals surface area contributed by atoms with Crippen molar-refractivity contribution in [3.05, 3.63) is 69.1 Å². The number of rotatable bonds is 9. The highest BCUT2D eigenvalue weighted by Crippen LogP contribution is 2.39. The molecule has 2 heterocycles. The summed E-state index contributed by atoms with van der Waals surface area (Å²) < 4.78 is 61.6. The first kappa shape index (κ1) is 37.9. The molecule has 0 aliphatic heterocycles. The summed E-state index contributed by atoms with van der Waals surface area (Å²) in [6.07, 6.45) is 10.4. The van der Waals surface area contributed by atoms with Gasteiger partial charge in [-0.15, -0.1) is 0 Å². The molecule has 6 rings (SSSR count). The maximum absolute atomic E-state index is 13.4. The molecule has 2 aromatic heterocycles. The van der Waals surface area contributed by atoms with Crippen molar-refractivity contribution in [2.24, 2.45) is 0 Å². The van der Waals surface area contributed by atoms with Crippen LogP contribution in [-0.2, 0) is 24.6 Å². The van der Waals surface area contributed by atoms with E-state index >= 15 is 0 Å². The lowest BCUT2D eigenvalue weighted by Gasteiger charge is -2.37. The highest BCUT2D eigenvalue weighted by atomic mass is 35.5. The molecule has 0 radical (unpaired) electrons. The van der Waals surface area contributed by atoms with Crippen LogP contribution >= 0.6 is 55.9 Å². The van der Waals surface area contributed by atoms with E-state index in [9.17, 15) is 16.8 Å². The molecular weight excluding hydrogens is 757 g/mol. The Morgan fingerprint density at radius 3 is 1.79 bits per heavy atom. The SMILES string of the molecule is CC1(N(CCOP)S(=O)(=O)c2ccc3c(Cl)cnc(Cl)c3c2)CCCC1.CC1(NS(=O)(=O)c2ccc3c(Cl)cnc(Cl)c3c2)CCCC1.[3HH]. The Bertz CT molecular complexity index is 2050. The summed E-state index contributed by atoms with van der Waals surface area (Å²) in [4.78, 5) is 8.35. The predicted octanol–water partition coefficient (Wildman–Crippen LogP) is 9.07. The van der Waals surface area contributed by atoms with Crippen molar-refractivity contribution in [3.63, 3.8) is 0 Å². The molecule has 2 aliphatic carbocycles. The zero-order chi connectivity index (χ0) is 34.9. The van der Waals surface area contributed by atoms with Gasteiger partial charge in [0.1, 0.15) is 10.3 Å². The number of aromatic nitrogens is 2. The third kappa shape index (κ3) is 8.07. The Balaban J connectivity index is 0.000000219. The fraction of sp³-hybridized carbons (Fsp3) is 0.438. The van der Waals surface area contributed by atoms with Crippen LogP contribution in [0.3, 0.4) is 0 Å². The number of hydrogen-bond donors (Lipinski definition) is 1. The van der Waals surface area contributed by atoms with Crippen LogP contribution in [-0.4, -0.2) is 55.3 Å². The minimum atomic E-state index is -3.72. The number of nitrogens with one attached hydrogen (secondary N) is 1. The van der Waals surface area contributed by atoms with E-state index in [4.69, 9.17) is 50.9 Å². The van der Waals surface area contributed by atoms with Crippen molar-refractivity contribution < 1.29 is 22.8 Å². The molecule has 1 atom stereocenters. The third-order valence-corrected chi connectivity index (χ3v) is 14.3. The molecule has 262 valence electrons. The van der Waals surface area contributed by atoms with Crippen molar-refractivity contribution in [2.75, 3.05) is 13.2 Å². The maximum atomic E-state index is 13.4. The number of halogens is 4. The fourth-order valence-electron chi connectivity index (χ4n) is 6.61. The van der Waals surface area contributed by atoms with Crippen LogP contribution in [0, 0.1) is 0 Å². The lowest BCUT2D eigenvalue weighted by Crippen LogP contribution is -2.49. The van der Waals surface area contributed by atoms with Crippen molar-refractivity contribution in [1.29, 1.82) is 0 Å². The van der Waals surface area contributed by atoms with Gasteiger partial charge >= 0.3 is 0 Å². The monoisotopic (exact) mass is 796 g/mol. The Morgan fingerprint density at radius 2 is 1.27 bits per heavy atom. The molecule has 9 nitrogen and oxygen atoms in total. The zero-order valence-corrected chi connectivity index (χ0v) is 32.3. The van der Waals surface area contributed by atoms with E-state index in [1.807, 2.05) is 13.8 Å². The number of fused-ring (bicyclic) bond motifs is 2. The number of benzene rings is 2. The van der Waals surface area contributed by atoms with Crippen molar-refractivity contribution in [3.8, 4) is 0 Å². The number of hydrogen-bond acceptors (Lipinski definition) is 7. The van der Waals surface area contributed by atoms with Gasteiger partial charge in [-0.1, -0.05) is 84.2 Å². The fourth-order valence-corrected chi connectivity index (χ4v) is 10.9. The van der Waals surface area contributed by atoms with Gasteiger partial charge in [0.15, 0.2) is 0 Å². The van der Waals surface area contributed by atoms with Crippen LogP contribution in [0.5, 0.6) is 0 Å².